The highest BCUT2D eigenvalue weighted by molar-refractivity contribution is 4.99. The molecule has 2 aliphatic rings. The zero-order valence-electron chi connectivity index (χ0n) is 6.70. The van der Waals surface area contributed by atoms with Crippen molar-refractivity contribution >= 4 is 0 Å². The first-order valence-corrected chi connectivity index (χ1v) is 4.40. The van der Waals surface area contributed by atoms with Gasteiger partial charge in [-0.25, -0.2) is 0 Å². The van der Waals surface area contributed by atoms with Crippen molar-refractivity contribution in [3.63, 3.8) is 0 Å². The van der Waals surface area contributed by atoms with Gasteiger partial charge in [0.25, 0.3) is 0 Å². The predicted octanol–water partition coefficient (Wildman–Crippen LogP) is 2.44. The monoisotopic (exact) mass is 150 g/mol. The molecule has 0 N–H and O–H groups in total. The molecule has 0 saturated carbocycles. The van der Waals surface area contributed by atoms with E-state index in [4.69, 9.17) is 4.74 Å². The van der Waals surface area contributed by atoms with E-state index in [0.29, 0.717) is 12.2 Å². The summed E-state index contributed by atoms with van der Waals surface area (Å²) in [7, 11) is 0. The van der Waals surface area contributed by atoms with Gasteiger partial charge >= 0.3 is 0 Å². The molecule has 2 aliphatic carbocycles. The summed E-state index contributed by atoms with van der Waals surface area (Å²) in [6.07, 6.45) is 14.3. The molecule has 0 bridgehead atoms. The Kier molecular flexibility index (Phi) is 2.08. The van der Waals surface area contributed by atoms with Crippen LogP contribution < -0.4 is 0 Å². The standard InChI is InChI=1S/C10H14O/c1-2-6-9(5-1)11-10-7-3-4-8-10/h1-4,9-10H,5-8H2. The lowest BCUT2D eigenvalue weighted by molar-refractivity contribution is 0.00267. The summed E-state index contributed by atoms with van der Waals surface area (Å²) in [6.45, 7) is 0. The van der Waals surface area contributed by atoms with Crippen LogP contribution in [0.25, 0.3) is 0 Å². The van der Waals surface area contributed by atoms with Crippen LogP contribution in [-0.4, -0.2) is 12.2 Å². The van der Waals surface area contributed by atoms with Crippen molar-refractivity contribution in [2.24, 2.45) is 0 Å². The van der Waals surface area contributed by atoms with E-state index in [-0.39, 0.29) is 0 Å². The molecule has 0 aromatic heterocycles. The van der Waals surface area contributed by atoms with E-state index in [1.54, 1.807) is 0 Å². The molecule has 0 radical (unpaired) electrons. The van der Waals surface area contributed by atoms with Crippen molar-refractivity contribution in [1.29, 1.82) is 0 Å². The van der Waals surface area contributed by atoms with Gasteiger partial charge in [0.2, 0.25) is 0 Å². The molecule has 0 aliphatic heterocycles. The van der Waals surface area contributed by atoms with Gasteiger partial charge < -0.3 is 4.74 Å². The first kappa shape index (κ1) is 7.11. The molecule has 0 spiro atoms. The van der Waals surface area contributed by atoms with E-state index in [2.05, 4.69) is 24.3 Å². The third-order valence-electron chi connectivity index (χ3n) is 2.31. The second-order valence-electron chi connectivity index (χ2n) is 3.27. The van der Waals surface area contributed by atoms with Crippen LogP contribution in [0.5, 0.6) is 0 Å². The minimum absolute atomic E-state index is 0.486. The minimum atomic E-state index is 0.486. The van der Waals surface area contributed by atoms with Gasteiger partial charge in [-0.2, -0.15) is 0 Å². The third-order valence-corrected chi connectivity index (χ3v) is 2.31. The van der Waals surface area contributed by atoms with Gasteiger partial charge in [-0.05, 0) is 25.7 Å². The third kappa shape index (κ3) is 1.72. The molecule has 2 rings (SSSR count). The number of hydrogen-bond acceptors (Lipinski definition) is 1. The molecule has 0 aromatic rings. The Bertz CT molecular complexity index is 145. The largest absolute Gasteiger partial charge is 0.374 e. The summed E-state index contributed by atoms with van der Waals surface area (Å²) in [5, 5.41) is 0. The fraction of sp³-hybridized carbons (Fsp3) is 0.600. The van der Waals surface area contributed by atoms with Crippen LogP contribution in [0.15, 0.2) is 24.3 Å². The highest BCUT2D eigenvalue weighted by atomic mass is 16.5. The Morgan fingerprint density at radius 2 is 1.09 bits per heavy atom. The molecular formula is C10H14O. The quantitative estimate of drug-likeness (QED) is 0.549. The van der Waals surface area contributed by atoms with Crippen LogP contribution in [0.4, 0.5) is 0 Å². The SMILES string of the molecule is C1=CCC(OC2CC=CC2)C1. The van der Waals surface area contributed by atoms with Crippen LogP contribution in [0.2, 0.25) is 0 Å². The van der Waals surface area contributed by atoms with Gasteiger partial charge in [-0.3, -0.25) is 0 Å². The average Bonchev–Trinajstić information content (AvgIpc) is 2.60. The molecule has 0 atom stereocenters. The smallest absolute Gasteiger partial charge is 0.0647 e. The topological polar surface area (TPSA) is 9.23 Å². The molecule has 0 heterocycles. The Morgan fingerprint density at radius 1 is 0.727 bits per heavy atom. The lowest BCUT2D eigenvalue weighted by atomic mass is 10.2. The van der Waals surface area contributed by atoms with Crippen LogP contribution in [0.1, 0.15) is 25.7 Å². The van der Waals surface area contributed by atoms with E-state index in [9.17, 15) is 0 Å². The lowest BCUT2D eigenvalue weighted by Crippen LogP contribution is -2.17. The minimum Gasteiger partial charge on any atom is -0.374 e. The number of ether oxygens (including phenoxy) is 1. The lowest BCUT2D eigenvalue weighted by Gasteiger charge is -2.16. The van der Waals surface area contributed by atoms with Crippen molar-refractivity contribution in [2.45, 2.75) is 37.9 Å². The van der Waals surface area contributed by atoms with Crippen LogP contribution in [0, 0.1) is 0 Å². The molecule has 0 fully saturated rings. The Hall–Kier alpha value is -0.560. The molecule has 0 amide bonds. The Morgan fingerprint density at radius 3 is 1.45 bits per heavy atom. The first-order chi connectivity index (χ1) is 5.45. The zero-order chi connectivity index (χ0) is 7.52. The van der Waals surface area contributed by atoms with Gasteiger partial charge in [-0.15, -0.1) is 0 Å². The van der Waals surface area contributed by atoms with Gasteiger partial charge in [0, 0.05) is 0 Å². The van der Waals surface area contributed by atoms with Crippen molar-refractivity contribution in [1.82, 2.24) is 0 Å². The highest BCUT2D eigenvalue weighted by Gasteiger charge is 2.17. The van der Waals surface area contributed by atoms with Gasteiger partial charge in [0.1, 0.15) is 0 Å². The summed E-state index contributed by atoms with van der Waals surface area (Å²) in [6, 6.07) is 0. The summed E-state index contributed by atoms with van der Waals surface area (Å²) < 4.78 is 5.85. The number of hydrogen-bond donors (Lipinski definition) is 0. The molecule has 1 nitrogen and oxygen atoms in total. The molecule has 0 aromatic carbocycles. The van der Waals surface area contributed by atoms with Crippen molar-refractivity contribution in [3.8, 4) is 0 Å². The molecule has 0 saturated heterocycles. The zero-order valence-corrected chi connectivity index (χ0v) is 6.70. The van der Waals surface area contributed by atoms with E-state index in [1.165, 1.54) is 0 Å². The normalized spacial score (nSPS) is 25.5. The van der Waals surface area contributed by atoms with Crippen molar-refractivity contribution < 1.29 is 4.74 Å². The average molecular weight is 150 g/mol. The first-order valence-electron chi connectivity index (χ1n) is 4.40. The van der Waals surface area contributed by atoms with E-state index < -0.39 is 0 Å². The molecule has 60 valence electrons. The second kappa shape index (κ2) is 3.22. The summed E-state index contributed by atoms with van der Waals surface area (Å²) in [5.74, 6) is 0. The van der Waals surface area contributed by atoms with E-state index >= 15 is 0 Å². The Labute approximate surface area is 67.7 Å². The maximum Gasteiger partial charge on any atom is 0.0647 e. The number of rotatable bonds is 2. The second-order valence-corrected chi connectivity index (χ2v) is 3.27. The maximum atomic E-state index is 5.85. The summed E-state index contributed by atoms with van der Waals surface area (Å²) in [5.41, 5.74) is 0. The van der Waals surface area contributed by atoms with Crippen molar-refractivity contribution in [2.75, 3.05) is 0 Å². The van der Waals surface area contributed by atoms with Crippen LogP contribution >= 0.6 is 0 Å². The van der Waals surface area contributed by atoms with E-state index in [1.807, 2.05) is 0 Å². The van der Waals surface area contributed by atoms with Crippen LogP contribution in [0.3, 0.4) is 0 Å². The highest BCUT2D eigenvalue weighted by Crippen LogP contribution is 2.21. The van der Waals surface area contributed by atoms with Crippen molar-refractivity contribution in [3.05, 3.63) is 24.3 Å². The predicted molar refractivity (Wildman–Crippen MR) is 45.4 cm³/mol. The molecule has 11 heavy (non-hydrogen) atoms. The summed E-state index contributed by atoms with van der Waals surface area (Å²) in [4.78, 5) is 0. The summed E-state index contributed by atoms with van der Waals surface area (Å²) >= 11 is 0. The fourth-order valence-corrected chi connectivity index (χ4v) is 1.68. The maximum absolute atomic E-state index is 5.85. The van der Waals surface area contributed by atoms with Gasteiger partial charge in [0.15, 0.2) is 0 Å². The molecule has 1 heteroatoms. The Balaban J connectivity index is 1.73. The molecule has 0 unspecified atom stereocenters. The van der Waals surface area contributed by atoms with Crippen LogP contribution in [-0.2, 0) is 4.74 Å². The van der Waals surface area contributed by atoms with Gasteiger partial charge in [0.05, 0.1) is 12.2 Å². The molecular weight excluding hydrogens is 136 g/mol. The fourth-order valence-electron chi connectivity index (χ4n) is 1.68. The van der Waals surface area contributed by atoms with E-state index in [0.717, 1.165) is 25.7 Å². The van der Waals surface area contributed by atoms with Gasteiger partial charge in [-0.1, -0.05) is 24.3 Å².